The first kappa shape index (κ1) is 11.6. The molecule has 2 aromatic heterocycles. The van der Waals surface area contributed by atoms with Crippen molar-refractivity contribution in [1.29, 1.82) is 0 Å². The zero-order valence-electron chi connectivity index (χ0n) is 10.8. The van der Waals surface area contributed by atoms with Crippen LogP contribution < -0.4 is 0 Å². The summed E-state index contributed by atoms with van der Waals surface area (Å²) >= 11 is 1.88. The third kappa shape index (κ3) is 1.93. The Balaban J connectivity index is 1.52. The number of morpholine rings is 1. The number of nitrogens with zero attached hydrogens (tertiary/aromatic N) is 3. The Morgan fingerprint density at radius 3 is 3.16 bits per heavy atom. The van der Waals surface area contributed by atoms with E-state index in [-0.39, 0.29) is 0 Å². The summed E-state index contributed by atoms with van der Waals surface area (Å²) in [5, 5.41) is 2.20. The minimum atomic E-state index is 0.482. The van der Waals surface area contributed by atoms with Crippen LogP contribution in [0.15, 0.2) is 24.0 Å². The van der Waals surface area contributed by atoms with Crippen molar-refractivity contribution in [2.75, 3.05) is 32.8 Å². The predicted octanol–water partition coefficient (Wildman–Crippen LogP) is 2.24. The Bertz CT molecular complexity index is 531. The second kappa shape index (κ2) is 4.74. The number of aromatic nitrogens is 2. The minimum absolute atomic E-state index is 0.482. The summed E-state index contributed by atoms with van der Waals surface area (Å²) < 4.78 is 7.74. The minimum Gasteiger partial charge on any atom is -0.379 e. The van der Waals surface area contributed by atoms with Crippen molar-refractivity contribution < 1.29 is 4.74 Å². The molecule has 0 amide bonds. The molecule has 0 spiro atoms. The smallest absolute Gasteiger partial charge is 0.0957 e. The maximum atomic E-state index is 5.40. The Labute approximate surface area is 116 Å². The van der Waals surface area contributed by atoms with Crippen LogP contribution in [-0.4, -0.2) is 47.3 Å². The van der Waals surface area contributed by atoms with E-state index in [1.807, 2.05) is 23.9 Å². The van der Waals surface area contributed by atoms with E-state index in [1.54, 1.807) is 0 Å². The van der Waals surface area contributed by atoms with Gasteiger partial charge >= 0.3 is 0 Å². The summed E-state index contributed by atoms with van der Waals surface area (Å²) in [5.41, 5.74) is 2.66. The van der Waals surface area contributed by atoms with Crippen LogP contribution in [0.4, 0.5) is 0 Å². The highest BCUT2D eigenvalue weighted by Gasteiger charge is 2.29. The number of imidazole rings is 1. The zero-order valence-corrected chi connectivity index (χ0v) is 11.6. The van der Waals surface area contributed by atoms with E-state index < -0.39 is 0 Å². The fourth-order valence-electron chi connectivity index (χ4n) is 3.08. The molecule has 19 heavy (non-hydrogen) atoms. The van der Waals surface area contributed by atoms with Gasteiger partial charge in [-0.25, -0.2) is 4.98 Å². The van der Waals surface area contributed by atoms with Crippen LogP contribution in [-0.2, 0) is 4.74 Å². The number of hydrogen-bond donors (Lipinski definition) is 0. The van der Waals surface area contributed by atoms with Gasteiger partial charge in [-0.05, 0) is 17.9 Å². The van der Waals surface area contributed by atoms with Gasteiger partial charge in [0.25, 0.3) is 0 Å². The summed E-state index contributed by atoms with van der Waals surface area (Å²) in [6.45, 7) is 5.04. The molecule has 0 saturated carbocycles. The normalized spacial score (nSPS) is 22.4. The van der Waals surface area contributed by atoms with Gasteiger partial charge in [-0.3, -0.25) is 4.90 Å². The molecule has 4 heterocycles. The highest BCUT2D eigenvalue weighted by molar-refractivity contribution is 7.10. The molecular formula is C14H17N3OS. The predicted molar refractivity (Wildman–Crippen MR) is 75.6 cm³/mol. The van der Waals surface area contributed by atoms with Crippen LogP contribution in [0.5, 0.6) is 0 Å². The topological polar surface area (TPSA) is 30.3 Å². The van der Waals surface area contributed by atoms with Crippen LogP contribution >= 0.6 is 11.3 Å². The van der Waals surface area contributed by atoms with Gasteiger partial charge in [0.2, 0.25) is 0 Å². The Kier molecular flexibility index (Phi) is 2.90. The van der Waals surface area contributed by atoms with E-state index in [4.69, 9.17) is 4.74 Å². The van der Waals surface area contributed by atoms with E-state index in [2.05, 4.69) is 25.9 Å². The first-order valence-corrected chi connectivity index (χ1v) is 7.71. The monoisotopic (exact) mass is 275 g/mol. The van der Waals surface area contributed by atoms with Crippen LogP contribution in [0.3, 0.4) is 0 Å². The molecule has 0 N–H and O–H groups in total. The van der Waals surface area contributed by atoms with Gasteiger partial charge in [-0.1, -0.05) is 0 Å². The van der Waals surface area contributed by atoms with E-state index in [9.17, 15) is 0 Å². The van der Waals surface area contributed by atoms with E-state index in [1.165, 1.54) is 16.1 Å². The third-order valence-corrected chi connectivity index (χ3v) is 5.12. The van der Waals surface area contributed by atoms with Crippen LogP contribution in [0.1, 0.15) is 17.3 Å². The van der Waals surface area contributed by atoms with Crippen molar-refractivity contribution in [3.05, 3.63) is 28.8 Å². The SMILES string of the molecule is c1cc2c(s1)[C@H](CCN1CCOCC1)n1cncc1-2. The maximum absolute atomic E-state index is 5.40. The van der Waals surface area contributed by atoms with Gasteiger partial charge < -0.3 is 9.30 Å². The molecule has 2 aliphatic heterocycles. The Hall–Kier alpha value is -1.17. The average molecular weight is 275 g/mol. The number of rotatable bonds is 3. The molecule has 4 rings (SSSR count). The lowest BCUT2D eigenvalue weighted by Crippen LogP contribution is -2.37. The molecule has 1 atom stereocenters. The van der Waals surface area contributed by atoms with E-state index in [0.717, 1.165) is 39.3 Å². The van der Waals surface area contributed by atoms with Crippen LogP contribution in [0.2, 0.25) is 0 Å². The fraction of sp³-hybridized carbons (Fsp3) is 0.500. The molecule has 0 radical (unpaired) electrons. The molecule has 0 unspecified atom stereocenters. The Morgan fingerprint density at radius 1 is 1.37 bits per heavy atom. The zero-order chi connectivity index (χ0) is 12.7. The fourth-order valence-corrected chi connectivity index (χ4v) is 4.12. The summed E-state index contributed by atoms with van der Waals surface area (Å²) in [4.78, 5) is 8.31. The molecule has 2 aromatic rings. The molecular weight excluding hydrogens is 258 g/mol. The lowest BCUT2D eigenvalue weighted by molar-refractivity contribution is 0.0363. The van der Waals surface area contributed by atoms with Gasteiger partial charge in [-0.15, -0.1) is 11.3 Å². The molecule has 0 aliphatic carbocycles. The van der Waals surface area contributed by atoms with Crippen molar-refractivity contribution in [2.24, 2.45) is 0 Å². The van der Waals surface area contributed by atoms with Crippen LogP contribution in [0, 0.1) is 0 Å². The van der Waals surface area contributed by atoms with E-state index >= 15 is 0 Å². The number of hydrogen-bond acceptors (Lipinski definition) is 4. The molecule has 0 aromatic carbocycles. The standard InChI is InChI=1S/C14H17N3OS/c1(3-16-4-6-18-7-5-16)12-14-11(2-8-19-14)13-9-15-10-17(12)13/h2,8-10,12H,1,3-7H2/t12-/m0/s1. The summed E-state index contributed by atoms with van der Waals surface area (Å²) in [6.07, 6.45) is 5.13. The van der Waals surface area contributed by atoms with Crippen LogP contribution in [0.25, 0.3) is 11.3 Å². The molecule has 100 valence electrons. The van der Waals surface area contributed by atoms with E-state index in [0.29, 0.717) is 6.04 Å². The van der Waals surface area contributed by atoms with Crippen molar-refractivity contribution >= 4 is 11.3 Å². The number of ether oxygens (including phenoxy) is 1. The summed E-state index contributed by atoms with van der Waals surface area (Å²) in [5.74, 6) is 0. The van der Waals surface area contributed by atoms with Gasteiger partial charge in [0, 0.05) is 30.1 Å². The molecule has 4 nitrogen and oxygen atoms in total. The summed E-state index contributed by atoms with van der Waals surface area (Å²) in [7, 11) is 0. The Morgan fingerprint density at radius 2 is 2.26 bits per heavy atom. The lowest BCUT2D eigenvalue weighted by Gasteiger charge is -2.27. The third-order valence-electron chi connectivity index (χ3n) is 4.10. The molecule has 1 fully saturated rings. The lowest BCUT2D eigenvalue weighted by atomic mass is 10.1. The first-order valence-electron chi connectivity index (χ1n) is 6.83. The van der Waals surface area contributed by atoms with Crippen molar-refractivity contribution in [3.8, 4) is 11.3 Å². The van der Waals surface area contributed by atoms with Crippen molar-refractivity contribution in [1.82, 2.24) is 14.5 Å². The molecule has 2 aliphatic rings. The molecule has 1 saturated heterocycles. The van der Waals surface area contributed by atoms with Crippen molar-refractivity contribution in [2.45, 2.75) is 12.5 Å². The first-order chi connectivity index (χ1) is 9.43. The van der Waals surface area contributed by atoms with Gasteiger partial charge in [-0.2, -0.15) is 0 Å². The number of thiophene rings is 1. The second-order valence-electron chi connectivity index (χ2n) is 5.14. The average Bonchev–Trinajstić information content (AvgIpc) is 3.11. The number of fused-ring (bicyclic) bond motifs is 3. The highest BCUT2D eigenvalue weighted by Crippen LogP contribution is 2.43. The molecule has 0 bridgehead atoms. The molecule has 5 heteroatoms. The second-order valence-corrected chi connectivity index (χ2v) is 6.09. The summed E-state index contributed by atoms with van der Waals surface area (Å²) in [6, 6.07) is 2.71. The highest BCUT2D eigenvalue weighted by atomic mass is 32.1. The maximum Gasteiger partial charge on any atom is 0.0957 e. The van der Waals surface area contributed by atoms with Crippen molar-refractivity contribution in [3.63, 3.8) is 0 Å². The van der Waals surface area contributed by atoms with Gasteiger partial charge in [0.05, 0.1) is 37.5 Å². The van der Waals surface area contributed by atoms with Gasteiger partial charge in [0.15, 0.2) is 0 Å². The largest absolute Gasteiger partial charge is 0.379 e. The van der Waals surface area contributed by atoms with Gasteiger partial charge in [0.1, 0.15) is 0 Å². The quantitative estimate of drug-likeness (QED) is 0.860.